The van der Waals surface area contributed by atoms with Crippen LogP contribution >= 0.6 is 0 Å². The standard InChI is InChI=1S/C15H19N3/c1-12-5-2-8-15(12)17-13-6-3-7-14(11-13)18-10-4-9-16-18/h3-4,6-7,9-12,15,17H,2,5,8H2,1H3. The molecule has 0 aliphatic heterocycles. The number of rotatable bonds is 3. The molecule has 3 heteroatoms. The Balaban J connectivity index is 1.79. The van der Waals surface area contributed by atoms with Crippen LogP contribution in [0.4, 0.5) is 5.69 Å². The molecule has 0 saturated heterocycles. The van der Waals surface area contributed by atoms with Gasteiger partial charge in [0.25, 0.3) is 0 Å². The minimum Gasteiger partial charge on any atom is -0.382 e. The van der Waals surface area contributed by atoms with Crippen LogP contribution < -0.4 is 5.32 Å². The lowest BCUT2D eigenvalue weighted by molar-refractivity contribution is 0.556. The minimum absolute atomic E-state index is 0.623. The van der Waals surface area contributed by atoms with Gasteiger partial charge in [-0.2, -0.15) is 5.10 Å². The maximum absolute atomic E-state index is 4.26. The van der Waals surface area contributed by atoms with Gasteiger partial charge in [0.1, 0.15) is 0 Å². The van der Waals surface area contributed by atoms with Gasteiger partial charge in [-0.25, -0.2) is 4.68 Å². The first-order valence-electron chi connectivity index (χ1n) is 6.69. The van der Waals surface area contributed by atoms with Crippen LogP contribution in [0.1, 0.15) is 26.2 Å². The van der Waals surface area contributed by atoms with Gasteiger partial charge in [0.15, 0.2) is 0 Å². The Morgan fingerprint density at radius 2 is 2.22 bits per heavy atom. The minimum atomic E-state index is 0.623. The predicted octanol–water partition coefficient (Wildman–Crippen LogP) is 3.47. The highest BCUT2D eigenvalue weighted by Crippen LogP contribution is 2.28. The molecule has 0 bridgehead atoms. The summed E-state index contributed by atoms with van der Waals surface area (Å²) in [7, 11) is 0. The quantitative estimate of drug-likeness (QED) is 0.891. The molecule has 0 spiro atoms. The maximum Gasteiger partial charge on any atom is 0.0666 e. The van der Waals surface area contributed by atoms with Crippen LogP contribution in [0.15, 0.2) is 42.7 Å². The fourth-order valence-corrected chi connectivity index (χ4v) is 2.73. The highest BCUT2D eigenvalue weighted by Gasteiger charge is 2.22. The van der Waals surface area contributed by atoms with Crippen LogP contribution in [-0.4, -0.2) is 15.8 Å². The van der Waals surface area contributed by atoms with Crippen molar-refractivity contribution in [3.05, 3.63) is 42.7 Å². The summed E-state index contributed by atoms with van der Waals surface area (Å²) in [5.74, 6) is 0.776. The molecule has 1 fully saturated rings. The second-order valence-electron chi connectivity index (χ2n) is 5.16. The molecular formula is C15H19N3. The monoisotopic (exact) mass is 241 g/mol. The SMILES string of the molecule is CC1CCCC1Nc1cccc(-n2cccn2)c1. The zero-order valence-corrected chi connectivity index (χ0v) is 10.7. The van der Waals surface area contributed by atoms with Crippen molar-refractivity contribution in [2.24, 2.45) is 5.92 Å². The van der Waals surface area contributed by atoms with Gasteiger partial charge >= 0.3 is 0 Å². The van der Waals surface area contributed by atoms with Crippen LogP contribution in [0.2, 0.25) is 0 Å². The van der Waals surface area contributed by atoms with E-state index in [0.717, 1.165) is 11.6 Å². The first-order chi connectivity index (χ1) is 8.83. The van der Waals surface area contributed by atoms with Gasteiger partial charge in [0.2, 0.25) is 0 Å². The summed E-state index contributed by atoms with van der Waals surface area (Å²) >= 11 is 0. The van der Waals surface area contributed by atoms with E-state index < -0.39 is 0 Å². The first kappa shape index (κ1) is 11.3. The smallest absolute Gasteiger partial charge is 0.0666 e. The van der Waals surface area contributed by atoms with Crippen LogP contribution in [0.5, 0.6) is 0 Å². The molecule has 2 atom stereocenters. The van der Waals surface area contributed by atoms with Crippen molar-refractivity contribution in [3.63, 3.8) is 0 Å². The third-order valence-corrected chi connectivity index (χ3v) is 3.83. The van der Waals surface area contributed by atoms with Crippen molar-refractivity contribution in [2.45, 2.75) is 32.2 Å². The largest absolute Gasteiger partial charge is 0.382 e. The van der Waals surface area contributed by atoms with Crippen LogP contribution in [-0.2, 0) is 0 Å². The third-order valence-electron chi connectivity index (χ3n) is 3.83. The van der Waals surface area contributed by atoms with Crippen molar-refractivity contribution in [1.29, 1.82) is 0 Å². The van der Waals surface area contributed by atoms with Crippen molar-refractivity contribution in [3.8, 4) is 5.69 Å². The van der Waals surface area contributed by atoms with E-state index in [1.807, 2.05) is 16.9 Å². The lowest BCUT2D eigenvalue weighted by Gasteiger charge is -2.19. The molecule has 1 aromatic carbocycles. The van der Waals surface area contributed by atoms with Crippen LogP contribution in [0, 0.1) is 5.92 Å². The van der Waals surface area contributed by atoms with Gasteiger partial charge in [-0.05, 0) is 43.0 Å². The highest BCUT2D eigenvalue weighted by atomic mass is 15.3. The van der Waals surface area contributed by atoms with Crippen LogP contribution in [0.3, 0.4) is 0 Å². The molecule has 3 nitrogen and oxygen atoms in total. The van der Waals surface area contributed by atoms with Gasteiger partial charge in [0, 0.05) is 24.1 Å². The molecule has 2 unspecified atom stereocenters. The molecule has 94 valence electrons. The van der Waals surface area contributed by atoms with E-state index in [-0.39, 0.29) is 0 Å². The zero-order chi connectivity index (χ0) is 12.4. The molecule has 1 saturated carbocycles. The first-order valence-corrected chi connectivity index (χ1v) is 6.69. The fourth-order valence-electron chi connectivity index (χ4n) is 2.73. The number of anilines is 1. The number of nitrogens with one attached hydrogen (secondary N) is 1. The van der Waals surface area contributed by atoms with E-state index in [1.54, 1.807) is 6.20 Å². The van der Waals surface area contributed by atoms with Crippen LogP contribution in [0.25, 0.3) is 5.69 Å². The molecule has 1 aromatic heterocycles. The van der Waals surface area contributed by atoms with E-state index in [2.05, 4.69) is 41.6 Å². The number of aromatic nitrogens is 2. The van der Waals surface area contributed by atoms with Gasteiger partial charge in [0.05, 0.1) is 5.69 Å². The number of hydrogen-bond acceptors (Lipinski definition) is 2. The molecule has 18 heavy (non-hydrogen) atoms. The lowest BCUT2D eigenvalue weighted by Crippen LogP contribution is -2.21. The predicted molar refractivity (Wildman–Crippen MR) is 74.0 cm³/mol. The van der Waals surface area contributed by atoms with Crippen molar-refractivity contribution in [2.75, 3.05) is 5.32 Å². The second kappa shape index (κ2) is 4.84. The summed E-state index contributed by atoms with van der Waals surface area (Å²) < 4.78 is 1.89. The third kappa shape index (κ3) is 2.26. The van der Waals surface area contributed by atoms with Gasteiger partial charge < -0.3 is 5.32 Å². The average Bonchev–Trinajstić information content (AvgIpc) is 3.02. The number of nitrogens with zero attached hydrogens (tertiary/aromatic N) is 2. The number of hydrogen-bond donors (Lipinski definition) is 1. The Bertz CT molecular complexity index is 504. The highest BCUT2D eigenvalue weighted by molar-refractivity contribution is 5.51. The summed E-state index contributed by atoms with van der Waals surface area (Å²) in [6.45, 7) is 2.34. The Labute approximate surface area is 108 Å². The van der Waals surface area contributed by atoms with Crippen molar-refractivity contribution >= 4 is 5.69 Å². The molecule has 3 rings (SSSR count). The normalized spacial score (nSPS) is 23.2. The Hall–Kier alpha value is -1.77. The number of benzene rings is 1. The molecule has 1 N–H and O–H groups in total. The van der Waals surface area contributed by atoms with Crippen molar-refractivity contribution in [1.82, 2.24) is 9.78 Å². The Morgan fingerprint density at radius 3 is 2.94 bits per heavy atom. The lowest BCUT2D eigenvalue weighted by atomic mass is 10.1. The molecule has 2 aromatic rings. The topological polar surface area (TPSA) is 29.9 Å². The van der Waals surface area contributed by atoms with Crippen molar-refractivity contribution < 1.29 is 0 Å². The average molecular weight is 241 g/mol. The van der Waals surface area contributed by atoms with Gasteiger partial charge in [-0.1, -0.05) is 19.4 Å². The molecule has 0 radical (unpaired) electrons. The molecular weight excluding hydrogens is 222 g/mol. The fraction of sp³-hybridized carbons (Fsp3) is 0.400. The van der Waals surface area contributed by atoms with E-state index in [0.29, 0.717) is 6.04 Å². The van der Waals surface area contributed by atoms with E-state index in [9.17, 15) is 0 Å². The molecule has 1 aliphatic rings. The summed E-state index contributed by atoms with van der Waals surface area (Å²) in [6, 6.07) is 11.0. The van der Waals surface area contributed by atoms with Gasteiger partial charge in [-0.3, -0.25) is 0 Å². The second-order valence-corrected chi connectivity index (χ2v) is 5.16. The Kier molecular flexibility index (Phi) is 3.05. The van der Waals surface area contributed by atoms with E-state index in [4.69, 9.17) is 0 Å². The molecule has 1 heterocycles. The summed E-state index contributed by atoms with van der Waals surface area (Å²) in [4.78, 5) is 0. The molecule has 0 amide bonds. The van der Waals surface area contributed by atoms with E-state index >= 15 is 0 Å². The Morgan fingerprint density at radius 1 is 1.28 bits per heavy atom. The zero-order valence-electron chi connectivity index (χ0n) is 10.7. The van der Waals surface area contributed by atoms with E-state index in [1.165, 1.54) is 24.9 Å². The summed E-state index contributed by atoms with van der Waals surface area (Å²) in [5, 5.41) is 7.92. The molecule has 1 aliphatic carbocycles. The van der Waals surface area contributed by atoms with Gasteiger partial charge in [-0.15, -0.1) is 0 Å². The summed E-state index contributed by atoms with van der Waals surface area (Å²) in [6.07, 6.45) is 7.75. The maximum atomic E-state index is 4.26. The summed E-state index contributed by atoms with van der Waals surface area (Å²) in [5.41, 5.74) is 2.30.